The molecule has 0 spiro atoms. The summed E-state index contributed by atoms with van der Waals surface area (Å²) in [5.41, 5.74) is -1.06. The van der Waals surface area contributed by atoms with Crippen LogP contribution in [0.15, 0.2) is 34.8 Å². The van der Waals surface area contributed by atoms with Crippen LogP contribution in [0.5, 0.6) is 0 Å². The number of hydrogen-bond donors (Lipinski definition) is 1. The minimum atomic E-state index is -1.10. The molecule has 0 aliphatic rings. The maximum absolute atomic E-state index is 13.6. The second kappa shape index (κ2) is 5.85. The van der Waals surface area contributed by atoms with E-state index in [4.69, 9.17) is 11.6 Å². The summed E-state index contributed by atoms with van der Waals surface area (Å²) >= 11 is 8.55. The zero-order valence-electron chi connectivity index (χ0n) is 9.68. The van der Waals surface area contributed by atoms with E-state index in [0.717, 1.165) is 24.3 Å². The molecule has 0 saturated carbocycles. The van der Waals surface area contributed by atoms with Crippen LogP contribution in [0.1, 0.15) is 10.4 Å². The fraction of sp³-hybridized carbons (Fsp3) is 0. The van der Waals surface area contributed by atoms with Gasteiger partial charge >= 0.3 is 0 Å². The lowest BCUT2D eigenvalue weighted by molar-refractivity contribution is 0.101. The number of nitrogens with one attached hydrogen (secondary N) is 1. The van der Waals surface area contributed by atoms with Gasteiger partial charge in [-0.15, -0.1) is 0 Å². The molecule has 0 aliphatic carbocycles. The molecule has 2 rings (SSSR count). The molecule has 7 heteroatoms. The Labute approximate surface area is 125 Å². The summed E-state index contributed by atoms with van der Waals surface area (Å²) in [6.45, 7) is 0. The fourth-order valence-corrected chi connectivity index (χ4v) is 2.11. The van der Waals surface area contributed by atoms with E-state index in [9.17, 15) is 18.0 Å². The van der Waals surface area contributed by atoms with Crippen molar-refractivity contribution in [2.75, 3.05) is 5.32 Å². The van der Waals surface area contributed by atoms with Crippen molar-refractivity contribution < 1.29 is 18.0 Å². The van der Waals surface area contributed by atoms with Crippen molar-refractivity contribution in [2.45, 2.75) is 0 Å². The van der Waals surface area contributed by atoms with Gasteiger partial charge in [-0.05, 0) is 30.3 Å². The number of carbonyl (C=O) groups excluding carboxylic acids is 1. The number of rotatable bonds is 2. The summed E-state index contributed by atoms with van der Waals surface area (Å²) < 4.78 is 40.8. The Bertz CT molecular complexity index is 670. The van der Waals surface area contributed by atoms with Gasteiger partial charge in [0.25, 0.3) is 5.91 Å². The van der Waals surface area contributed by atoms with Gasteiger partial charge in [-0.25, -0.2) is 13.2 Å². The minimum absolute atomic E-state index is 0.151. The maximum Gasteiger partial charge on any atom is 0.261 e. The van der Waals surface area contributed by atoms with Gasteiger partial charge in [-0.3, -0.25) is 4.79 Å². The first kappa shape index (κ1) is 14.9. The van der Waals surface area contributed by atoms with Crippen LogP contribution < -0.4 is 5.32 Å². The van der Waals surface area contributed by atoms with Crippen LogP contribution in [-0.2, 0) is 0 Å². The Hall–Kier alpha value is -1.53. The number of carbonyl (C=O) groups is 1. The Balaban J connectivity index is 2.36. The Morgan fingerprint density at radius 3 is 2.25 bits per heavy atom. The molecule has 20 heavy (non-hydrogen) atoms. The first-order valence-electron chi connectivity index (χ1n) is 5.29. The molecule has 0 bridgehead atoms. The lowest BCUT2D eigenvalue weighted by Gasteiger charge is -2.08. The monoisotopic (exact) mass is 363 g/mol. The Morgan fingerprint density at radius 1 is 1.05 bits per heavy atom. The molecule has 2 aromatic rings. The zero-order valence-corrected chi connectivity index (χ0v) is 12.0. The van der Waals surface area contributed by atoms with E-state index in [2.05, 4.69) is 21.2 Å². The molecule has 1 N–H and O–H groups in total. The van der Waals surface area contributed by atoms with Crippen LogP contribution in [0.3, 0.4) is 0 Å². The van der Waals surface area contributed by atoms with E-state index < -0.39 is 28.9 Å². The second-order valence-corrected chi connectivity index (χ2v) is 5.17. The molecule has 0 aromatic heterocycles. The van der Waals surface area contributed by atoms with Crippen molar-refractivity contribution in [3.05, 3.63) is 62.8 Å². The lowest BCUT2D eigenvalue weighted by Crippen LogP contribution is -2.16. The minimum Gasteiger partial charge on any atom is -0.319 e. The highest BCUT2D eigenvalue weighted by Crippen LogP contribution is 2.23. The maximum atomic E-state index is 13.6. The van der Waals surface area contributed by atoms with Gasteiger partial charge in [0.15, 0.2) is 0 Å². The average Bonchev–Trinajstić information content (AvgIpc) is 2.32. The van der Waals surface area contributed by atoms with E-state index in [0.29, 0.717) is 0 Å². The van der Waals surface area contributed by atoms with Gasteiger partial charge in [-0.2, -0.15) is 0 Å². The number of anilines is 1. The fourth-order valence-electron chi connectivity index (χ4n) is 1.54. The average molecular weight is 365 g/mol. The predicted molar refractivity (Wildman–Crippen MR) is 73.4 cm³/mol. The van der Waals surface area contributed by atoms with Crippen LogP contribution in [0, 0.1) is 17.5 Å². The van der Waals surface area contributed by atoms with Crippen LogP contribution in [-0.4, -0.2) is 5.91 Å². The van der Waals surface area contributed by atoms with Crippen LogP contribution in [0.4, 0.5) is 18.9 Å². The summed E-state index contributed by atoms with van der Waals surface area (Å²) in [6.07, 6.45) is 0. The van der Waals surface area contributed by atoms with Gasteiger partial charge < -0.3 is 5.32 Å². The highest BCUT2D eigenvalue weighted by Gasteiger charge is 2.19. The molecular weight excluding hydrogens is 358 g/mol. The van der Waals surface area contributed by atoms with Gasteiger partial charge in [0, 0.05) is 9.50 Å². The number of benzene rings is 2. The Kier molecular flexibility index (Phi) is 4.35. The molecule has 0 aliphatic heterocycles. The molecule has 0 heterocycles. The summed E-state index contributed by atoms with van der Waals surface area (Å²) in [5, 5.41) is 2.25. The molecule has 0 radical (unpaired) electrons. The van der Waals surface area contributed by atoms with Gasteiger partial charge in [0.2, 0.25) is 0 Å². The van der Waals surface area contributed by atoms with Gasteiger partial charge in [0.1, 0.15) is 23.0 Å². The van der Waals surface area contributed by atoms with E-state index in [-0.39, 0.29) is 15.2 Å². The van der Waals surface area contributed by atoms with Crippen molar-refractivity contribution in [3.8, 4) is 0 Å². The van der Waals surface area contributed by atoms with E-state index in [1.165, 1.54) is 6.07 Å². The molecule has 1 amide bonds. The van der Waals surface area contributed by atoms with Gasteiger partial charge in [0.05, 0.1) is 5.69 Å². The zero-order chi connectivity index (χ0) is 14.9. The highest BCUT2D eigenvalue weighted by molar-refractivity contribution is 9.10. The smallest absolute Gasteiger partial charge is 0.261 e. The molecule has 0 unspecified atom stereocenters. The third-order valence-corrected chi connectivity index (χ3v) is 3.10. The van der Waals surface area contributed by atoms with Crippen molar-refractivity contribution in [3.63, 3.8) is 0 Å². The molecule has 2 aromatic carbocycles. The topological polar surface area (TPSA) is 29.1 Å². The Morgan fingerprint density at radius 2 is 1.65 bits per heavy atom. The molecule has 0 saturated heterocycles. The number of amides is 1. The SMILES string of the molecule is O=C(Nc1cc(Cl)ccc1F)c1c(F)cc(Br)cc1F. The van der Waals surface area contributed by atoms with Crippen molar-refractivity contribution in [1.82, 2.24) is 0 Å². The van der Waals surface area contributed by atoms with Crippen LogP contribution >= 0.6 is 27.5 Å². The number of halogens is 5. The summed E-state index contributed by atoms with van der Waals surface area (Å²) in [4.78, 5) is 11.8. The molecule has 0 fully saturated rings. The first-order chi connectivity index (χ1) is 9.38. The predicted octanol–water partition coefficient (Wildman–Crippen LogP) is 4.77. The van der Waals surface area contributed by atoms with E-state index >= 15 is 0 Å². The summed E-state index contributed by atoms with van der Waals surface area (Å²) in [6, 6.07) is 5.34. The van der Waals surface area contributed by atoms with E-state index in [1.807, 2.05) is 0 Å². The normalized spacial score (nSPS) is 10.4. The molecular formula is C13H6BrClF3NO. The van der Waals surface area contributed by atoms with Crippen molar-refractivity contribution in [1.29, 1.82) is 0 Å². The van der Waals surface area contributed by atoms with Crippen LogP contribution in [0.2, 0.25) is 5.02 Å². The third kappa shape index (κ3) is 3.13. The first-order valence-corrected chi connectivity index (χ1v) is 6.46. The summed E-state index contributed by atoms with van der Waals surface area (Å²) in [5.74, 6) is -3.98. The quantitative estimate of drug-likeness (QED) is 0.817. The second-order valence-electron chi connectivity index (χ2n) is 3.82. The standard InChI is InChI=1S/C13H6BrClF3NO/c14-6-3-9(17)12(10(18)4-6)13(20)19-11-5-7(15)1-2-8(11)16/h1-5H,(H,19,20). The largest absolute Gasteiger partial charge is 0.319 e. The van der Waals surface area contributed by atoms with Crippen molar-refractivity contribution in [2.24, 2.45) is 0 Å². The number of hydrogen-bond acceptors (Lipinski definition) is 1. The molecule has 2 nitrogen and oxygen atoms in total. The summed E-state index contributed by atoms with van der Waals surface area (Å²) in [7, 11) is 0. The van der Waals surface area contributed by atoms with Crippen LogP contribution in [0.25, 0.3) is 0 Å². The molecule has 104 valence electrons. The van der Waals surface area contributed by atoms with Crippen molar-refractivity contribution >= 4 is 39.1 Å². The van der Waals surface area contributed by atoms with E-state index in [1.54, 1.807) is 0 Å². The highest BCUT2D eigenvalue weighted by atomic mass is 79.9. The molecule has 0 atom stereocenters. The lowest BCUT2D eigenvalue weighted by atomic mass is 10.1. The van der Waals surface area contributed by atoms with Gasteiger partial charge in [-0.1, -0.05) is 27.5 Å². The third-order valence-electron chi connectivity index (χ3n) is 2.41.